The first-order valence-electron chi connectivity index (χ1n) is 5.13. The van der Waals surface area contributed by atoms with Crippen LogP contribution in [0.25, 0.3) is 0 Å². The molecule has 1 heterocycles. The Morgan fingerprint density at radius 2 is 2.40 bits per heavy atom. The van der Waals surface area contributed by atoms with Gasteiger partial charge in [-0.25, -0.2) is 4.98 Å². The van der Waals surface area contributed by atoms with Crippen molar-refractivity contribution in [2.24, 2.45) is 0 Å². The second-order valence-corrected chi connectivity index (χ2v) is 4.61. The molecule has 0 aliphatic heterocycles. The molecule has 4 heteroatoms. The summed E-state index contributed by atoms with van der Waals surface area (Å²) in [5.41, 5.74) is 0. The summed E-state index contributed by atoms with van der Waals surface area (Å²) in [5, 5.41) is 10.1. The Labute approximate surface area is 94.9 Å². The minimum Gasteiger partial charge on any atom is -0.491 e. The SMILES string of the molecule is CCOc1cccnc1SC(C)CCO. The van der Waals surface area contributed by atoms with Gasteiger partial charge in [0.15, 0.2) is 5.75 Å². The van der Waals surface area contributed by atoms with Crippen molar-refractivity contribution >= 4 is 11.8 Å². The van der Waals surface area contributed by atoms with Gasteiger partial charge in [0.2, 0.25) is 0 Å². The molecule has 0 spiro atoms. The van der Waals surface area contributed by atoms with Crippen molar-refractivity contribution in [1.29, 1.82) is 0 Å². The number of hydrogen-bond donors (Lipinski definition) is 1. The molecular formula is C11H17NO2S. The highest BCUT2D eigenvalue weighted by molar-refractivity contribution is 7.99. The molecule has 0 saturated heterocycles. The largest absolute Gasteiger partial charge is 0.491 e. The Morgan fingerprint density at radius 1 is 1.60 bits per heavy atom. The lowest BCUT2D eigenvalue weighted by molar-refractivity contribution is 0.288. The van der Waals surface area contributed by atoms with E-state index in [2.05, 4.69) is 11.9 Å². The Hall–Kier alpha value is -0.740. The summed E-state index contributed by atoms with van der Waals surface area (Å²) in [4.78, 5) is 4.28. The summed E-state index contributed by atoms with van der Waals surface area (Å²) in [6.45, 7) is 4.89. The molecular weight excluding hydrogens is 210 g/mol. The van der Waals surface area contributed by atoms with Crippen LogP contribution in [-0.2, 0) is 0 Å². The zero-order valence-electron chi connectivity index (χ0n) is 9.14. The van der Waals surface area contributed by atoms with E-state index in [1.807, 2.05) is 19.1 Å². The summed E-state index contributed by atoms with van der Waals surface area (Å²) in [7, 11) is 0. The van der Waals surface area contributed by atoms with Gasteiger partial charge < -0.3 is 9.84 Å². The van der Waals surface area contributed by atoms with Crippen LogP contribution >= 0.6 is 11.8 Å². The first-order chi connectivity index (χ1) is 7.27. The summed E-state index contributed by atoms with van der Waals surface area (Å²) >= 11 is 1.64. The van der Waals surface area contributed by atoms with Gasteiger partial charge in [-0.15, -0.1) is 0 Å². The van der Waals surface area contributed by atoms with Crippen LogP contribution in [0.15, 0.2) is 23.4 Å². The number of aliphatic hydroxyl groups is 1. The predicted molar refractivity (Wildman–Crippen MR) is 62.4 cm³/mol. The van der Waals surface area contributed by atoms with E-state index in [0.29, 0.717) is 11.9 Å². The van der Waals surface area contributed by atoms with E-state index in [4.69, 9.17) is 9.84 Å². The maximum atomic E-state index is 8.82. The monoisotopic (exact) mass is 227 g/mol. The zero-order chi connectivity index (χ0) is 11.1. The summed E-state index contributed by atoms with van der Waals surface area (Å²) in [6, 6.07) is 3.79. The topological polar surface area (TPSA) is 42.4 Å². The first-order valence-corrected chi connectivity index (χ1v) is 6.01. The number of nitrogens with zero attached hydrogens (tertiary/aromatic N) is 1. The highest BCUT2D eigenvalue weighted by Gasteiger charge is 2.09. The predicted octanol–water partition coefficient (Wildman–Crippen LogP) is 2.34. The molecule has 1 unspecified atom stereocenters. The first kappa shape index (κ1) is 12.3. The maximum absolute atomic E-state index is 8.82. The number of aromatic nitrogens is 1. The number of aliphatic hydroxyl groups excluding tert-OH is 1. The number of thioether (sulfide) groups is 1. The minimum absolute atomic E-state index is 0.213. The van der Waals surface area contributed by atoms with Crippen molar-refractivity contribution in [3.05, 3.63) is 18.3 Å². The molecule has 1 aromatic heterocycles. The van der Waals surface area contributed by atoms with Crippen molar-refractivity contribution in [1.82, 2.24) is 4.98 Å². The molecule has 0 radical (unpaired) electrons. The third-order valence-corrected chi connectivity index (χ3v) is 3.05. The molecule has 84 valence electrons. The molecule has 1 aromatic rings. The molecule has 0 bridgehead atoms. The highest BCUT2D eigenvalue weighted by Crippen LogP contribution is 2.30. The van der Waals surface area contributed by atoms with Crippen molar-refractivity contribution < 1.29 is 9.84 Å². The number of ether oxygens (including phenoxy) is 1. The molecule has 1 atom stereocenters. The lowest BCUT2D eigenvalue weighted by Gasteiger charge is -2.12. The van der Waals surface area contributed by atoms with Crippen LogP contribution < -0.4 is 4.74 Å². The number of hydrogen-bond acceptors (Lipinski definition) is 4. The van der Waals surface area contributed by atoms with Crippen molar-refractivity contribution in [3.8, 4) is 5.75 Å². The van der Waals surface area contributed by atoms with E-state index in [9.17, 15) is 0 Å². The molecule has 0 fully saturated rings. The molecule has 3 nitrogen and oxygen atoms in total. The van der Waals surface area contributed by atoms with Gasteiger partial charge in [-0.2, -0.15) is 0 Å². The van der Waals surface area contributed by atoms with Gasteiger partial charge in [-0.05, 0) is 25.5 Å². The molecule has 0 amide bonds. The Balaban J connectivity index is 2.66. The average Bonchev–Trinajstić information content (AvgIpc) is 2.21. The van der Waals surface area contributed by atoms with Crippen LogP contribution in [-0.4, -0.2) is 28.6 Å². The van der Waals surface area contributed by atoms with E-state index < -0.39 is 0 Å². The standard InChI is InChI=1S/C11H17NO2S/c1-3-14-10-5-4-7-12-11(10)15-9(2)6-8-13/h4-5,7,9,13H,3,6,8H2,1-2H3. The second kappa shape index (κ2) is 6.69. The third-order valence-electron chi connectivity index (χ3n) is 1.88. The van der Waals surface area contributed by atoms with Gasteiger partial charge in [0.05, 0.1) is 6.61 Å². The normalized spacial score (nSPS) is 12.5. The fourth-order valence-corrected chi connectivity index (χ4v) is 2.13. The quantitative estimate of drug-likeness (QED) is 0.757. The van der Waals surface area contributed by atoms with E-state index in [1.165, 1.54) is 0 Å². The Kier molecular flexibility index (Phi) is 5.50. The molecule has 0 aromatic carbocycles. The summed E-state index contributed by atoms with van der Waals surface area (Å²) in [5.74, 6) is 0.829. The van der Waals surface area contributed by atoms with Crippen LogP contribution in [0.3, 0.4) is 0 Å². The van der Waals surface area contributed by atoms with Crippen LogP contribution in [0.2, 0.25) is 0 Å². The molecule has 1 N–H and O–H groups in total. The molecule has 1 rings (SSSR count). The fraction of sp³-hybridized carbons (Fsp3) is 0.545. The average molecular weight is 227 g/mol. The van der Waals surface area contributed by atoms with Gasteiger partial charge in [-0.3, -0.25) is 0 Å². The van der Waals surface area contributed by atoms with Gasteiger partial charge in [0, 0.05) is 18.1 Å². The zero-order valence-corrected chi connectivity index (χ0v) is 9.96. The fourth-order valence-electron chi connectivity index (χ4n) is 1.16. The highest BCUT2D eigenvalue weighted by atomic mass is 32.2. The minimum atomic E-state index is 0.213. The van der Waals surface area contributed by atoms with Crippen molar-refractivity contribution in [3.63, 3.8) is 0 Å². The summed E-state index contributed by atoms with van der Waals surface area (Å²) < 4.78 is 5.47. The number of pyridine rings is 1. The van der Waals surface area contributed by atoms with E-state index in [1.54, 1.807) is 18.0 Å². The third kappa shape index (κ3) is 4.10. The Bertz CT molecular complexity index is 294. The van der Waals surface area contributed by atoms with Gasteiger partial charge in [0.1, 0.15) is 5.03 Å². The van der Waals surface area contributed by atoms with Crippen molar-refractivity contribution in [2.75, 3.05) is 13.2 Å². The molecule has 0 aliphatic rings. The molecule has 0 aliphatic carbocycles. The second-order valence-electron chi connectivity index (χ2n) is 3.18. The summed E-state index contributed by atoms with van der Waals surface area (Å²) in [6.07, 6.45) is 2.53. The van der Waals surface area contributed by atoms with Gasteiger partial charge in [0.25, 0.3) is 0 Å². The lowest BCUT2D eigenvalue weighted by atomic mass is 10.3. The smallest absolute Gasteiger partial charge is 0.151 e. The lowest BCUT2D eigenvalue weighted by Crippen LogP contribution is -2.01. The molecule has 0 saturated carbocycles. The van der Waals surface area contributed by atoms with Crippen LogP contribution in [0.5, 0.6) is 5.75 Å². The van der Waals surface area contributed by atoms with Crippen molar-refractivity contribution in [2.45, 2.75) is 30.5 Å². The Morgan fingerprint density at radius 3 is 3.07 bits per heavy atom. The van der Waals surface area contributed by atoms with E-state index in [0.717, 1.165) is 17.2 Å². The molecule has 15 heavy (non-hydrogen) atoms. The van der Waals surface area contributed by atoms with Gasteiger partial charge >= 0.3 is 0 Å². The van der Waals surface area contributed by atoms with Crippen LogP contribution in [0, 0.1) is 0 Å². The maximum Gasteiger partial charge on any atom is 0.151 e. The van der Waals surface area contributed by atoms with E-state index in [-0.39, 0.29) is 6.61 Å². The van der Waals surface area contributed by atoms with Gasteiger partial charge in [-0.1, -0.05) is 18.7 Å². The van der Waals surface area contributed by atoms with Crippen LogP contribution in [0.4, 0.5) is 0 Å². The van der Waals surface area contributed by atoms with E-state index >= 15 is 0 Å². The number of rotatable bonds is 6. The van der Waals surface area contributed by atoms with Crippen LogP contribution in [0.1, 0.15) is 20.3 Å².